The van der Waals surface area contributed by atoms with Gasteiger partial charge in [0.2, 0.25) is 0 Å². The summed E-state index contributed by atoms with van der Waals surface area (Å²) in [5.41, 5.74) is 2.19. The van der Waals surface area contributed by atoms with Crippen LogP contribution in [0.15, 0.2) is 49.1 Å². The fourth-order valence-electron chi connectivity index (χ4n) is 2.53. The lowest BCUT2D eigenvalue weighted by Crippen LogP contribution is -2.25. The molecule has 2 amide bonds. The van der Waals surface area contributed by atoms with Crippen molar-refractivity contribution in [1.29, 1.82) is 0 Å². The van der Waals surface area contributed by atoms with E-state index in [1.807, 2.05) is 0 Å². The molecule has 1 aromatic carbocycles. The Balaban J connectivity index is 1.59. The zero-order valence-corrected chi connectivity index (χ0v) is 15.7. The third kappa shape index (κ3) is 4.76. The van der Waals surface area contributed by atoms with Gasteiger partial charge < -0.3 is 10.2 Å². The van der Waals surface area contributed by atoms with Gasteiger partial charge >= 0.3 is 0 Å². The van der Waals surface area contributed by atoms with Crippen molar-refractivity contribution in [2.45, 2.75) is 13.0 Å². The van der Waals surface area contributed by atoms with Crippen LogP contribution < -0.4 is 5.32 Å². The lowest BCUT2D eigenvalue weighted by Gasteiger charge is -2.10. The van der Waals surface area contributed by atoms with Gasteiger partial charge in [-0.25, -0.2) is 4.98 Å². The maximum absolute atomic E-state index is 12.2. The molecule has 144 valence electrons. The highest BCUT2D eigenvalue weighted by Gasteiger charge is 2.12. The lowest BCUT2D eigenvalue weighted by atomic mass is 10.1. The topological polar surface area (TPSA) is 106 Å². The summed E-state index contributed by atoms with van der Waals surface area (Å²) >= 11 is 0. The monoisotopic (exact) mass is 379 g/mol. The molecule has 0 aliphatic rings. The van der Waals surface area contributed by atoms with E-state index in [0.29, 0.717) is 24.3 Å². The largest absolute Gasteiger partial charge is 0.352 e. The van der Waals surface area contributed by atoms with Crippen molar-refractivity contribution in [3.63, 3.8) is 0 Å². The molecule has 2 aromatic heterocycles. The number of nitrogens with zero attached hydrogens (tertiary/aromatic N) is 6. The molecule has 3 rings (SSSR count). The first-order chi connectivity index (χ1) is 13.5. The van der Waals surface area contributed by atoms with Crippen molar-refractivity contribution in [2.75, 3.05) is 20.6 Å². The normalized spacial score (nSPS) is 10.5. The number of amides is 2. The Morgan fingerprint density at radius 1 is 1.14 bits per heavy atom. The van der Waals surface area contributed by atoms with Crippen LogP contribution in [0.4, 0.5) is 0 Å². The fraction of sp³-hybridized carbons (Fsp3) is 0.263. The predicted molar refractivity (Wildman–Crippen MR) is 102 cm³/mol. The van der Waals surface area contributed by atoms with Crippen molar-refractivity contribution in [3.05, 3.63) is 60.3 Å². The molecular weight excluding hydrogens is 358 g/mol. The molecule has 0 saturated carbocycles. The van der Waals surface area contributed by atoms with Gasteiger partial charge in [0.15, 0.2) is 0 Å². The van der Waals surface area contributed by atoms with Crippen LogP contribution in [0.2, 0.25) is 0 Å². The highest BCUT2D eigenvalue weighted by Crippen LogP contribution is 2.17. The molecule has 0 radical (unpaired) electrons. The van der Waals surface area contributed by atoms with Gasteiger partial charge in [0.05, 0.1) is 24.3 Å². The van der Waals surface area contributed by atoms with E-state index in [4.69, 9.17) is 0 Å². The van der Waals surface area contributed by atoms with E-state index >= 15 is 0 Å². The second kappa shape index (κ2) is 8.85. The summed E-state index contributed by atoms with van der Waals surface area (Å²) in [6.07, 6.45) is 7.19. The zero-order chi connectivity index (χ0) is 19.9. The maximum Gasteiger partial charge on any atom is 0.273 e. The van der Waals surface area contributed by atoms with Gasteiger partial charge in [0, 0.05) is 44.5 Å². The lowest BCUT2D eigenvalue weighted by molar-refractivity contribution is 0.0821. The number of carbonyl (C=O) groups excluding carboxylic acids is 2. The van der Waals surface area contributed by atoms with Gasteiger partial charge in [-0.15, -0.1) is 5.10 Å². The minimum Gasteiger partial charge on any atom is -0.352 e. The van der Waals surface area contributed by atoms with Crippen LogP contribution in [0.25, 0.3) is 11.3 Å². The highest BCUT2D eigenvalue weighted by atomic mass is 16.2. The summed E-state index contributed by atoms with van der Waals surface area (Å²) < 4.78 is 1.72. The average molecular weight is 379 g/mol. The van der Waals surface area contributed by atoms with Gasteiger partial charge in [-0.3, -0.25) is 19.3 Å². The van der Waals surface area contributed by atoms with Crippen LogP contribution in [-0.4, -0.2) is 62.3 Å². The third-order valence-electron chi connectivity index (χ3n) is 4.02. The Labute approximate surface area is 162 Å². The first-order valence-electron chi connectivity index (χ1n) is 8.81. The number of carbonyl (C=O) groups is 2. The highest BCUT2D eigenvalue weighted by molar-refractivity contribution is 5.94. The molecule has 9 nitrogen and oxygen atoms in total. The summed E-state index contributed by atoms with van der Waals surface area (Å²) in [5, 5.41) is 10.5. The molecular formula is C19H21N7O2. The summed E-state index contributed by atoms with van der Waals surface area (Å²) in [7, 11) is 3.33. The van der Waals surface area contributed by atoms with E-state index in [1.54, 1.807) is 61.6 Å². The SMILES string of the molecule is CN(C)C(=O)c1cncc(-c2ccc(C(=O)NCCCn3ccnn3)cc2)n1. The molecule has 28 heavy (non-hydrogen) atoms. The molecule has 2 heterocycles. The Kier molecular flexibility index (Phi) is 6.05. The molecule has 3 aromatic rings. The van der Waals surface area contributed by atoms with Crippen LogP contribution in [-0.2, 0) is 6.54 Å². The summed E-state index contributed by atoms with van der Waals surface area (Å²) in [6, 6.07) is 7.03. The Morgan fingerprint density at radius 3 is 2.61 bits per heavy atom. The molecule has 1 N–H and O–H groups in total. The first kappa shape index (κ1) is 19.2. The molecule has 0 atom stereocenters. The molecule has 0 spiro atoms. The predicted octanol–water partition coefficient (Wildman–Crippen LogP) is 1.26. The van der Waals surface area contributed by atoms with Gasteiger partial charge in [-0.05, 0) is 18.6 Å². The van der Waals surface area contributed by atoms with Crippen molar-refractivity contribution < 1.29 is 9.59 Å². The number of aryl methyl sites for hydroxylation is 1. The molecule has 0 aliphatic heterocycles. The van der Waals surface area contributed by atoms with Crippen molar-refractivity contribution >= 4 is 11.8 Å². The number of hydrogen-bond acceptors (Lipinski definition) is 6. The Bertz CT molecular complexity index is 937. The summed E-state index contributed by atoms with van der Waals surface area (Å²) in [5.74, 6) is -0.357. The first-order valence-corrected chi connectivity index (χ1v) is 8.81. The molecule has 9 heteroatoms. The van der Waals surface area contributed by atoms with Crippen LogP contribution >= 0.6 is 0 Å². The standard InChI is InChI=1S/C19H21N7O2/c1-25(2)19(28)17-13-20-12-16(23-17)14-4-6-15(7-5-14)18(27)21-8-3-10-26-11-9-22-24-26/h4-7,9,11-13H,3,8,10H2,1-2H3,(H,21,27). The average Bonchev–Trinajstić information content (AvgIpc) is 3.24. The molecule has 0 unspecified atom stereocenters. The summed E-state index contributed by atoms with van der Waals surface area (Å²) in [4.78, 5) is 34.2. The molecule has 0 bridgehead atoms. The van der Waals surface area contributed by atoms with Gasteiger partial charge in [-0.1, -0.05) is 17.3 Å². The van der Waals surface area contributed by atoms with Crippen LogP contribution in [0.3, 0.4) is 0 Å². The van der Waals surface area contributed by atoms with E-state index in [9.17, 15) is 9.59 Å². The van der Waals surface area contributed by atoms with Crippen LogP contribution in [0.5, 0.6) is 0 Å². The van der Waals surface area contributed by atoms with E-state index in [-0.39, 0.29) is 17.5 Å². The van der Waals surface area contributed by atoms with E-state index in [2.05, 4.69) is 25.6 Å². The van der Waals surface area contributed by atoms with Crippen molar-refractivity contribution in [1.82, 2.24) is 35.2 Å². The van der Waals surface area contributed by atoms with Gasteiger partial charge in [0.1, 0.15) is 5.69 Å². The number of hydrogen-bond donors (Lipinski definition) is 1. The molecule has 0 saturated heterocycles. The molecule has 0 aliphatic carbocycles. The van der Waals surface area contributed by atoms with Crippen LogP contribution in [0, 0.1) is 0 Å². The number of benzene rings is 1. The van der Waals surface area contributed by atoms with Gasteiger partial charge in [-0.2, -0.15) is 0 Å². The van der Waals surface area contributed by atoms with E-state index in [1.165, 1.54) is 11.1 Å². The molecule has 0 fully saturated rings. The Morgan fingerprint density at radius 2 is 1.93 bits per heavy atom. The smallest absolute Gasteiger partial charge is 0.273 e. The van der Waals surface area contributed by atoms with Crippen molar-refractivity contribution in [3.8, 4) is 11.3 Å². The second-order valence-electron chi connectivity index (χ2n) is 6.34. The number of aromatic nitrogens is 5. The maximum atomic E-state index is 12.2. The van der Waals surface area contributed by atoms with Gasteiger partial charge in [0.25, 0.3) is 11.8 Å². The number of nitrogens with one attached hydrogen (secondary N) is 1. The Hall–Kier alpha value is -3.62. The minimum atomic E-state index is -0.212. The summed E-state index contributed by atoms with van der Waals surface area (Å²) in [6.45, 7) is 1.24. The van der Waals surface area contributed by atoms with Crippen LogP contribution in [0.1, 0.15) is 27.3 Å². The van der Waals surface area contributed by atoms with E-state index in [0.717, 1.165) is 12.0 Å². The fourth-order valence-corrected chi connectivity index (χ4v) is 2.53. The third-order valence-corrected chi connectivity index (χ3v) is 4.02. The second-order valence-corrected chi connectivity index (χ2v) is 6.34. The number of rotatable bonds is 7. The minimum absolute atomic E-state index is 0.146. The zero-order valence-electron chi connectivity index (χ0n) is 15.7. The van der Waals surface area contributed by atoms with Crippen molar-refractivity contribution in [2.24, 2.45) is 0 Å². The van der Waals surface area contributed by atoms with E-state index < -0.39 is 0 Å². The quantitative estimate of drug-likeness (QED) is 0.620.